The van der Waals surface area contributed by atoms with E-state index in [2.05, 4.69) is 16.3 Å². The van der Waals surface area contributed by atoms with Crippen molar-refractivity contribution in [3.8, 4) is 11.8 Å². The highest BCUT2D eigenvalue weighted by molar-refractivity contribution is 5.92. The summed E-state index contributed by atoms with van der Waals surface area (Å²) in [5.41, 5.74) is 1.90. The van der Waals surface area contributed by atoms with Gasteiger partial charge in [-0.15, -0.1) is 0 Å². The van der Waals surface area contributed by atoms with Crippen molar-refractivity contribution >= 4 is 11.6 Å². The number of likely N-dealkylation sites (tertiary alicyclic amines) is 1. The number of hydrogen-bond acceptors (Lipinski definition) is 4. The van der Waals surface area contributed by atoms with Crippen LogP contribution in [0.1, 0.15) is 24.8 Å². The van der Waals surface area contributed by atoms with Crippen molar-refractivity contribution in [3.63, 3.8) is 0 Å². The van der Waals surface area contributed by atoms with Crippen molar-refractivity contribution in [2.24, 2.45) is 5.92 Å². The highest BCUT2D eigenvalue weighted by atomic mass is 16.5. The Morgan fingerprint density at radius 3 is 2.70 bits per heavy atom. The van der Waals surface area contributed by atoms with Crippen LogP contribution in [0.5, 0.6) is 5.75 Å². The predicted octanol–water partition coefficient (Wildman–Crippen LogP) is 3.83. The van der Waals surface area contributed by atoms with E-state index in [0.29, 0.717) is 13.0 Å². The maximum Gasteiger partial charge on any atom is 0.228 e. The fourth-order valence-corrected chi connectivity index (χ4v) is 3.30. The predicted molar refractivity (Wildman–Crippen MR) is 105 cm³/mol. The Kier molecular flexibility index (Phi) is 6.84. The van der Waals surface area contributed by atoms with Gasteiger partial charge in [-0.05, 0) is 49.2 Å². The molecule has 27 heavy (non-hydrogen) atoms. The molecule has 1 amide bonds. The summed E-state index contributed by atoms with van der Waals surface area (Å²) in [4.78, 5) is 14.8. The first kappa shape index (κ1) is 18.9. The van der Waals surface area contributed by atoms with Gasteiger partial charge < -0.3 is 15.0 Å². The highest BCUT2D eigenvalue weighted by Gasteiger charge is 2.25. The van der Waals surface area contributed by atoms with Gasteiger partial charge in [0.1, 0.15) is 12.4 Å². The second-order valence-electron chi connectivity index (χ2n) is 6.84. The summed E-state index contributed by atoms with van der Waals surface area (Å²) in [5, 5.41) is 11.7. The number of nitriles is 1. The molecule has 0 aliphatic carbocycles. The Bertz CT molecular complexity index is 768. The number of piperidine rings is 1. The quantitative estimate of drug-likeness (QED) is 0.812. The van der Waals surface area contributed by atoms with Crippen molar-refractivity contribution in [2.45, 2.75) is 25.9 Å². The van der Waals surface area contributed by atoms with Gasteiger partial charge in [0.25, 0.3) is 0 Å². The largest absolute Gasteiger partial charge is 0.489 e. The van der Waals surface area contributed by atoms with Gasteiger partial charge >= 0.3 is 0 Å². The summed E-state index contributed by atoms with van der Waals surface area (Å²) < 4.78 is 5.77. The number of carbonyl (C=O) groups excluding carboxylic acids is 1. The van der Waals surface area contributed by atoms with Gasteiger partial charge in [0, 0.05) is 25.2 Å². The van der Waals surface area contributed by atoms with E-state index in [9.17, 15) is 4.79 Å². The standard InChI is InChI=1S/C22H25N3O2/c23-13-5-15-25-14-4-8-19(16-25)22(26)24-20-9-11-21(12-10-20)27-17-18-6-2-1-3-7-18/h1-3,6-7,9-12,19H,4-5,8,14-17H2,(H,24,26). The molecule has 1 heterocycles. The average molecular weight is 363 g/mol. The molecule has 0 aromatic heterocycles. The highest BCUT2D eigenvalue weighted by Crippen LogP contribution is 2.21. The zero-order valence-electron chi connectivity index (χ0n) is 15.4. The third-order valence-electron chi connectivity index (χ3n) is 4.79. The Balaban J connectivity index is 1.48. The molecule has 0 spiro atoms. The monoisotopic (exact) mass is 363 g/mol. The topological polar surface area (TPSA) is 65.4 Å². The number of amides is 1. The van der Waals surface area contributed by atoms with Gasteiger partial charge in [-0.25, -0.2) is 0 Å². The van der Waals surface area contributed by atoms with Gasteiger partial charge in [0.15, 0.2) is 0 Å². The summed E-state index contributed by atoms with van der Waals surface area (Å²) in [7, 11) is 0. The Hall–Kier alpha value is -2.84. The van der Waals surface area contributed by atoms with Crippen molar-refractivity contribution in [1.82, 2.24) is 4.90 Å². The van der Waals surface area contributed by atoms with Crippen LogP contribution in [0.25, 0.3) is 0 Å². The number of anilines is 1. The van der Waals surface area contributed by atoms with E-state index in [1.165, 1.54) is 0 Å². The lowest BCUT2D eigenvalue weighted by Gasteiger charge is -2.31. The minimum atomic E-state index is -0.0218. The minimum absolute atomic E-state index is 0.0218. The molecule has 1 N–H and O–H groups in total. The molecule has 2 aromatic rings. The third-order valence-corrected chi connectivity index (χ3v) is 4.79. The lowest BCUT2D eigenvalue weighted by molar-refractivity contribution is -0.121. The molecule has 3 rings (SSSR count). The first-order valence-electron chi connectivity index (χ1n) is 9.41. The average Bonchev–Trinajstić information content (AvgIpc) is 2.72. The lowest BCUT2D eigenvalue weighted by atomic mass is 9.97. The third kappa shape index (κ3) is 5.83. The Morgan fingerprint density at radius 2 is 1.96 bits per heavy atom. The van der Waals surface area contributed by atoms with Crippen molar-refractivity contribution in [2.75, 3.05) is 25.0 Å². The molecular formula is C22H25N3O2. The smallest absolute Gasteiger partial charge is 0.228 e. The molecule has 2 aromatic carbocycles. The number of ether oxygens (including phenoxy) is 1. The van der Waals surface area contributed by atoms with Crippen LogP contribution in [0, 0.1) is 17.2 Å². The van der Waals surface area contributed by atoms with Crippen LogP contribution >= 0.6 is 0 Å². The van der Waals surface area contributed by atoms with E-state index in [-0.39, 0.29) is 11.8 Å². The number of hydrogen-bond donors (Lipinski definition) is 1. The first-order valence-corrected chi connectivity index (χ1v) is 9.41. The number of nitrogens with one attached hydrogen (secondary N) is 1. The van der Waals surface area contributed by atoms with Gasteiger partial charge in [-0.2, -0.15) is 5.26 Å². The molecule has 0 radical (unpaired) electrons. The molecule has 1 aliphatic rings. The molecule has 1 saturated heterocycles. The molecule has 1 unspecified atom stereocenters. The maximum atomic E-state index is 12.5. The van der Waals surface area contributed by atoms with Crippen LogP contribution < -0.4 is 10.1 Å². The summed E-state index contributed by atoms with van der Waals surface area (Å²) in [6.07, 6.45) is 2.40. The van der Waals surface area contributed by atoms with E-state index >= 15 is 0 Å². The van der Waals surface area contributed by atoms with Crippen molar-refractivity contribution in [1.29, 1.82) is 5.26 Å². The Labute approximate surface area is 160 Å². The number of carbonyl (C=O) groups is 1. The summed E-state index contributed by atoms with van der Waals surface area (Å²) >= 11 is 0. The fourth-order valence-electron chi connectivity index (χ4n) is 3.30. The molecule has 5 nitrogen and oxygen atoms in total. The zero-order valence-corrected chi connectivity index (χ0v) is 15.4. The minimum Gasteiger partial charge on any atom is -0.489 e. The van der Waals surface area contributed by atoms with Crippen LogP contribution in [0.4, 0.5) is 5.69 Å². The molecule has 1 aliphatic heterocycles. The van der Waals surface area contributed by atoms with E-state index in [1.54, 1.807) is 0 Å². The fraction of sp³-hybridized carbons (Fsp3) is 0.364. The molecule has 0 bridgehead atoms. The van der Waals surface area contributed by atoms with Crippen molar-refractivity contribution in [3.05, 3.63) is 60.2 Å². The summed E-state index contributed by atoms with van der Waals surface area (Å²) in [6.45, 7) is 2.96. The molecule has 1 fully saturated rings. The SMILES string of the molecule is N#CCCN1CCCC(C(=O)Nc2ccc(OCc3ccccc3)cc2)C1. The van der Waals surface area contributed by atoms with Crippen LogP contribution in [-0.4, -0.2) is 30.4 Å². The van der Waals surface area contributed by atoms with E-state index in [0.717, 1.165) is 49.5 Å². The van der Waals surface area contributed by atoms with Gasteiger partial charge in [-0.1, -0.05) is 30.3 Å². The molecular weight excluding hydrogens is 338 g/mol. The molecule has 1 atom stereocenters. The van der Waals surface area contributed by atoms with Crippen LogP contribution in [-0.2, 0) is 11.4 Å². The summed E-state index contributed by atoms with van der Waals surface area (Å²) in [5.74, 6) is 0.804. The normalized spacial score (nSPS) is 17.1. The maximum absolute atomic E-state index is 12.5. The Morgan fingerprint density at radius 1 is 1.19 bits per heavy atom. The van der Waals surface area contributed by atoms with Gasteiger partial charge in [0.2, 0.25) is 5.91 Å². The van der Waals surface area contributed by atoms with Gasteiger partial charge in [-0.3, -0.25) is 4.79 Å². The van der Waals surface area contributed by atoms with Crippen LogP contribution in [0.2, 0.25) is 0 Å². The zero-order chi connectivity index (χ0) is 18.9. The van der Waals surface area contributed by atoms with Crippen LogP contribution in [0.3, 0.4) is 0 Å². The number of rotatable bonds is 7. The summed E-state index contributed by atoms with van der Waals surface area (Å²) in [6, 6.07) is 19.7. The second-order valence-corrected chi connectivity index (χ2v) is 6.84. The van der Waals surface area contributed by atoms with Crippen molar-refractivity contribution < 1.29 is 9.53 Å². The molecule has 140 valence electrons. The molecule has 0 saturated carbocycles. The lowest BCUT2D eigenvalue weighted by Crippen LogP contribution is -2.41. The number of benzene rings is 2. The van der Waals surface area contributed by atoms with E-state index in [4.69, 9.17) is 10.00 Å². The van der Waals surface area contributed by atoms with E-state index in [1.807, 2.05) is 54.6 Å². The van der Waals surface area contributed by atoms with Crippen LogP contribution in [0.15, 0.2) is 54.6 Å². The second kappa shape index (κ2) is 9.75. The van der Waals surface area contributed by atoms with E-state index < -0.39 is 0 Å². The number of nitrogens with zero attached hydrogens (tertiary/aromatic N) is 2. The molecule has 5 heteroatoms. The van der Waals surface area contributed by atoms with Gasteiger partial charge in [0.05, 0.1) is 12.0 Å². The first-order chi connectivity index (χ1) is 13.2.